The second kappa shape index (κ2) is 7.17. The molecular weight excluding hydrogens is 182 g/mol. The number of hydrogen-bond acceptors (Lipinski definition) is 4. The van der Waals surface area contributed by atoms with Crippen LogP contribution in [0.15, 0.2) is 0 Å². The molecule has 0 rings (SSSR count). The molecule has 0 aromatic carbocycles. The van der Waals surface area contributed by atoms with Gasteiger partial charge in [0, 0.05) is 19.2 Å². The van der Waals surface area contributed by atoms with Crippen molar-refractivity contribution < 1.29 is 14.6 Å². The van der Waals surface area contributed by atoms with Crippen LogP contribution in [0.3, 0.4) is 0 Å². The lowest BCUT2D eigenvalue weighted by molar-refractivity contribution is 0.0579. The summed E-state index contributed by atoms with van der Waals surface area (Å²) < 4.78 is 10.1. The topological polar surface area (TPSA) is 50.7 Å². The Labute approximate surface area is 86.6 Å². The Morgan fingerprint density at radius 3 is 2.43 bits per heavy atom. The van der Waals surface area contributed by atoms with E-state index in [1.54, 1.807) is 14.0 Å². The fourth-order valence-corrected chi connectivity index (χ4v) is 0.837. The lowest BCUT2D eigenvalue weighted by Gasteiger charge is -2.29. The van der Waals surface area contributed by atoms with E-state index in [0.29, 0.717) is 19.8 Å². The summed E-state index contributed by atoms with van der Waals surface area (Å²) in [6, 6.07) is 0. The first-order valence-corrected chi connectivity index (χ1v) is 5.00. The molecule has 0 saturated carbocycles. The molecule has 0 heterocycles. The quantitative estimate of drug-likeness (QED) is 0.563. The van der Waals surface area contributed by atoms with E-state index in [1.165, 1.54) is 0 Å². The van der Waals surface area contributed by atoms with Gasteiger partial charge in [0.25, 0.3) is 0 Å². The van der Waals surface area contributed by atoms with Crippen LogP contribution in [0.25, 0.3) is 0 Å². The molecule has 4 nitrogen and oxygen atoms in total. The van der Waals surface area contributed by atoms with E-state index in [1.807, 2.05) is 13.8 Å². The summed E-state index contributed by atoms with van der Waals surface area (Å²) >= 11 is 0. The minimum absolute atomic E-state index is 0.259. The number of rotatable bonds is 8. The van der Waals surface area contributed by atoms with Gasteiger partial charge in [-0.3, -0.25) is 0 Å². The molecule has 2 N–H and O–H groups in total. The van der Waals surface area contributed by atoms with Crippen molar-refractivity contribution in [2.75, 3.05) is 33.5 Å². The second-order valence-electron chi connectivity index (χ2n) is 3.93. The van der Waals surface area contributed by atoms with Crippen molar-refractivity contribution in [3.8, 4) is 0 Å². The Hall–Kier alpha value is -0.160. The molecule has 0 amide bonds. The van der Waals surface area contributed by atoms with Crippen molar-refractivity contribution in [3.63, 3.8) is 0 Å². The van der Waals surface area contributed by atoms with Gasteiger partial charge in [-0.1, -0.05) is 0 Å². The SMILES string of the molecule is COCCOCCNC(C)(C)C(C)O. The van der Waals surface area contributed by atoms with E-state index in [0.717, 1.165) is 6.54 Å². The van der Waals surface area contributed by atoms with Crippen LogP contribution in [-0.2, 0) is 9.47 Å². The largest absolute Gasteiger partial charge is 0.392 e. The molecule has 0 aromatic heterocycles. The van der Waals surface area contributed by atoms with Crippen molar-refractivity contribution in [1.82, 2.24) is 5.32 Å². The van der Waals surface area contributed by atoms with Gasteiger partial charge in [0.1, 0.15) is 0 Å². The first kappa shape index (κ1) is 13.8. The van der Waals surface area contributed by atoms with Gasteiger partial charge in [0.15, 0.2) is 0 Å². The van der Waals surface area contributed by atoms with E-state index in [2.05, 4.69) is 5.32 Å². The van der Waals surface area contributed by atoms with Crippen molar-refractivity contribution >= 4 is 0 Å². The van der Waals surface area contributed by atoms with Gasteiger partial charge >= 0.3 is 0 Å². The second-order valence-corrected chi connectivity index (χ2v) is 3.93. The molecule has 0 aromatic rings. The van der Waals surface area contributed by atoms with Crippen LogP contribution in [0, 0.1) is 0 Å². The van der Waals surface area contributed by atoms with E-state index >= 15 is 0 Å². The molecular formula is C10H23NO3. The normalized spacial score (nSPS) is 14.4. The maximum Gasteiger partial charge on any atom is 0.0700 e. The standard InChI is InChI=1S/C10H23NO3/c1-9(12)10(2,3)11-5-6-14-8-7-13-4/h9,11-12H,5-8H2,1-4H3. The Kier molecular flexibility index (Phi) is 7.09. The van der Waals surface area contributed by atoms with Crippen LogP contribution in [0.4, 0.5) is 0 Å². The molecule has 0 radical (unpaired) electrons. The highest BCUT2D eigenvalue weighted by atomic mass is 16.5. The smallest absolute Gasteiger partial charge is 0.0700 e. The number of nitrogens with one attached hydrogen (secondary N) is 1. The number of ether oxygens (including phenoxy) is 2. The van der Waals surface area contributed by atoms with Gasteiger partial charge in [-0.05, 0) is 20.8 Å². The number of aliphatic hydroxyl groups is 1. The molecule has 0 bridgehead atoms. The summed E-state index contributed by atoms with van der Waals surface area (Å²) in [5.74, 6) is 0. The van der Waals surface area contributed by atoms with Gasteiger partial charge in [0.2, 0.25) is 0 Å². The van der Waals surface area contributed by atoms with Crippen LogP contribution < -0.4 is 5.32 Å². The van der Waals surface area contributed by atoms with Crippen LogP contribution in [0.2, 0.25) is 0 Å². The zero-order valence-electron chi connectivity index (χ0n) is 9.67. The van der Waals surface area contributed by atoms with Gasteiger partial charge in [-0.15, -0.1) is 0 Å². The van der Waals surface area contributed by atoms with Gasteiger partial charge < -0.3 is 19.9 Å². The highest BCUT2D eigenvalue weighted by Crippen LogP contribution is 2.07. The fraction of sp³-hybridized carbons (Fsp3) is 1.00. The summed E-state index contributed by atoms with van der Waals surface area (Å²) in [7, 11) is 1.65. The molecule has 1 atom stereocenters. The monoisotopic (exact) mass is 205 g/mol. The number of methoxy groups -OCH3 is 1. The summed E-state index contributed by atoms with van der Waals surface area (Å²) in [4.78, 5) is 0. The minimum atomic E-state index is -0.374. The molecule has 0 spiro atoms. The third-order valence-electron chi connectivity index (χ3n) is 2.30. The molecule has 4 heteroatoms. The van der Waals surface area contributed by atoms with Crippen molar-refractivity contribution in [1.29, 1.82) is 0 Å². The van der Waals surface area contributed by atoms with E-state index < -0.39 is 0 Å². The van der Waals surface area contributed by atoms with Crippen molar-refractivity contribution in [2.24, 2.45) is 0 Å². The summed E-state index contributed by atoms with van der Waals surface area (Å²) in [5, 5.41) is 12.6. The predicted octanol–water partition coefficient (Wildman–Crippen LogP) is 0.398. The number of hydrogen-bond donors (Lipinski definition) is 2. The first-order chi connectivity index (χ1) is 6.50. The Balaban J connectivity index is 3.35. The van der Waals surface area contributed by atoms with Crippen LogP contribution in [-0.4, -0.2) is 50.2 Å². The highest BCUT2D eigenvalue weighted by molar-refractivity contribution is 4.82. The first-order valence-electron chi connectivity index (χ1n) is 5.00. The molecule has 0 saturated heterocycles. The molecule has 1 unspecified atom stereocenters. The van der Waals surface area contributed by atoms with Crippen LogP contribution in [0.5, 0.6) is 0 Å². The number of aliphatic hydroxyl groups excluding tert-OH is 1. The zero-order valence-corrected chi connectivity index (χ0v) is 9.67. The summed E-state index contributed by atoms with van der Waals surface area (Å²) in [6.07, 6.45) is -0.374. The van der Waals surface area contributed by atoms with E-state index in [4.69, 9.17) is 9.47 Å². The molecule has 0 aliphatic carbocycles. The maximum absolute atomic E-state index is 9.40. The van der Waals surface area contributed by atoms with E-state index in [9.17, 15) is 5.11 Å². The van der Waals surface area contributed by atoms with Crippen LogP contribution in [0.1, 0.15) is 20.8 Å². The Bertz CT molecular complexity index is 137. The highest BCUT2D eigenvalue weighted by Gasteiger charge is 2.22. The van der Waals surface area contributed by atoms with Crippen molar-refractivity contribution in [2.45, 2.75) is 32.4 Å². The lowest BCUT2D eigenvalue weighted by atomic mass is 9.99. The average molecular weight is 205 g/mol. The predicted molar refractivity (Wildman–Crippen MR) is 56.5 cm³/mol. The average Bonchev–Trinajstić information content (AvgIpc) is 2.10. The molecule has 0 aliphatic rings. The van der Waals surface area contributed by atoms with Crippen LogP contribution >= 0.6 is 0 Å². The van der Waals surface area contributed by atoms with Gasteiger partial charge in [-0.2, -0.15) is 0 Å². The maximum atomic E-state index is 9.40. The third-order valence-corrected chi connectivity index (χ3v) is 2.30. The third kappa shape index (κ3) is 6.32. The summed E-state index contributed by atoms with van der Waals surface area (Å²) in [6.45, 7) is 8.33. The van der Waals surface area contributed by atoms with Gasteiger partial charge in [-0.25, -0.2) is 0 Å². The minimum Gasteiger partial charge on any atom is -0.392 e. The van der Waals surface area contributed by atoms with E-state index in [-0.39, 0.29) is 11.6 Å². The Morgan fingerprint density at radius 2 is 1.93 bits per heavy atom. The molecule has 0 aliphatic heterocycles. The molecule has 0 fully saturated rings. The molecule has 14 heavy (non-hydrogen) atoms. The van der Waals surface area contributed by atoms with Gasteiger partial charge in [0.05, 0.1) is 25.9 Å². The van der Waals surface area contributed by atoms with Crippen molar-refractivity contribution in [3.05, 3.63) is 0 Å². The lowest BCUT2D eigenvalue weighted by Crippen LogP contribution is -2.49. The summed E-state index contributed by atoms with van der Waals surface area (Å²) in [5.41, 5.74) is -0.259. The molecule has 86 valence electrons. The Morgan fingerprint density at radius 1 is 1.29 bits per heavy atom. The fourth-order valence-electron chi connectivity index (χ4n) is 0.837. The zero-order chi connectivity index (χ0) is 11.0.